The fourth-order valence-corrected chi connectivity index (χ4v) is 3.57. The van der Waals surface area contributed by atoms with Crippen molar-refractivity contribution in [2.24, 2.45) is 7.05 Å². The summed E-state index contributed by atoms with van der Waals surface area (Å²) in [6, 6.07) is 10.5. The molecule has 0 bridgehead atoms. The highest BCUT2D eigenvalue weighted by atomic mass is 16.3. The number of aromatic hydroxyl groups is 2. The topological polar surface area (TPSA) is 89.8 Å². The van der Waals surface area contributed by atoms with Crippen molar-refractivity contribution in [3.05, 3.63) is 53.7 Å². The molecule has 4 rings (SSSR count). The molecule has 1 saturated heterocycles. The number of aryl methyl sites for hydroxylation is 1. The second-order valence-electron chi connectivity index (χ2n) is 7.14. The van der Waals surface area contributed by atoms with Crippen LogP contribution in [0.1, 0.15) is 37.1 Å². The minimum Gasteiger partial charge on any atom is -0.508 e. The molecule has 3 aromatic rings. The van der Waals surface area contributed by atoms with Crippen LogP contribution in [0.15, 0.2) is 42.6 Å². The zero-order valence-corrected chi connectivity index (χ0v) is 15.4. The molecular formula is C20H22N4O3. The summed E-state index contributed by atoms with van der Waals surface area (Å²) >= 11 is 0. The molecule has 140 valence electrons. The van der Waals surface area contributed by atoms with Gasteiger partial charge in [-0.15, -0.1) is 0 Å². The van der Waals surface area contributed by atoms with Gasteiger partial charge >= 0.3 is 6.03 Å². The van der Waals surface area contributed by atoms with Crippen LogP contribution in [-0.4, -0.2) is 20.8 Å². The lowest BCUT2D eigenvalue weighted by molar-refractivity contribution is 0.250. The molecule has 2 aromatic carbocycles. The summed E-state index contributed by atoms with van der Waals surface area (Å²) in [5.41, 5.74) is 8.55. The fraction of sp³-hybridized carbons (Fsp3) is 0.250. The molecule has 2 amide bonds. The van der Waals surface area contributed by atoms with E-state index >= 15 is 0 Å². The first kappa shape index (κ1) is 17.2. The highest BCUT2D eigenvalue weighted by Crippen LogP contribution is 2.39. The lowest BCUT2D eigenvalue weighted by Crippen LogP contribution is -2.29. The monoisotopic (exact) mass is 366 g/mol. The van der Waals surface area contributed by atoms with Crippen molar-refractivity contribution < 1.29 is 15.0 Å². The normalized spacial score (nSPS) is 17.1. The molecule has 1 aliphatic rings. The average Bonchev–Trinajstić information content (AvgIpc) is 3.17. The average molecular weight is 366 g/mol. The maximum Gasteiger partial charge on any atom is 0.337 e. The van der Waals surface area contributed by atoms with Crippen LogP contribution in [0.4, 0.5) is 10.5 Å². The summed E-state index contributed by atoms with van der Waals surface area (Å²) < 4.78 is 2.01. The Morgan fingerprint density at radius 1 is 1.07 bits per heavy atom. The SMILES string of the molecule is CC(C)c1cc(C2NNC(=O)N2c2ccc3c(ccn3C)c2)c(O)cc1O. The number of phenolic OH excluding ortho intramolecular Hbond substituents is 2. The quantitative estimate of drug-likeness (QED) is 0.572. The van der Waals surface area contributed by atoms with Crippen LogP contribution in [0.25, 0.3) is 10.9 Å². The highest BCUT2D eigenvalue weighted by Gasteiger charge is 2.35. The zero-order chi connectivity index (χ0) is 19.3. The van der Waals surface area contributed by atoms with Gasteiger partial charge in [-0.2, -0.15) is 0 Å². The van der Waals surface area contributed by atoms with Gasteiger partial charge in [0.2, 0.25) is 0 Å². The van der Waals surface area contributed by atoms with Crippen molar-refractivity contribution in [2.45, 2.75) is 25.9 Å². The van der Waals surface area contributed by atoms with Crippen LogP contribution in [0.2, 0.25) is 0 Å². The molecule has 27 heavy (non-hydrogen) atoms. The molecule has 0 aliphatic carbocycles. The van der Waals surface area contributed by atoms with Crippen molar-refractivity contribution in [2.75, 3.05) is 4.90 Å². The summed E-state index contributed by atoms with van der Waals surface area (Å²) in [5.74, 6) is 0.0426. The first-order valence-electron chi connectivity index (χ1n) is 8.82. The number of anilines is 1. The van der Waals surface area contributed by atoms with Gasteiger partial charge in [-0.05, 0) is 41.8 Å². The Morgan fingerprint density at radius 3 is 2.59 bits per heavy atom. The maximum absolute atomic E-state index is 12.5. The Bertz CT molecular complexity index is 1040. The molecular weight excluding hydrogens is 344 g/mol. The predicted molar refractivity (Wildman–Crippen MR) is 104 cm³/mol. The van der Waals surface area contributed by atoms with Gasteiger partial charge in [-0.3, -0.25) is 10.3 Å². The van der Waals surface area contributed by atoms with Gasteiger partial charge in [0.25, 0.3) is 0 Å². The van der Waals surface area contributed by atoms with Gasteiger partial charge in [-0.1, -0.05) is 13.8 Å². The van der Waals surface area contributed by atoms with Crippen molar-refractivity contribution in [3.63, 3.8) is 0 Å². The predicted octanol–water partition coefficient (Wildman–Crippen LogP) is 3.45. The number of aromatic nitrogens is 1. The van der Waals surface area contributed by atoms with Crippen molar-refractivity contribution in [1.29, 1.82) is 0 Å². The number of carbonyl (C=O) groups excluding carboxylic acids is 1. The lowest BCUT2D eigenvalue weighted by Gasteiger charge is -2.25. The Labute approximate surface area is 156 Å². The molecule has 0 saturated carbocycles. The Morgan fingerprint density at radius 2 is 1.85 bits per heavy atom. The van der Waals surface area contributed by atoms with Gasteiger partial charge in [0.15, 0.2) is 0 Å². The number of amides is 2. The van der Waals surface area contributed by atoms with E-state index in [9.17, 15) is 15.0 Å². The number of carbonyl (C=O) groups is 1. The van der Waals surface area contributed by atoms with E-state index in [1.54, 1.807) is 11.0 Å². The fourth-order valence-electron chi connectivity index (χ4n) is 3.57. The number of hydrogen-bond acceptors (Lipinski definition) is 4. The number of phenols is 2. The number of hydrogen-bond donors (Lipinski definition) is 4. The standard InChI is InChI=1S/C20H22N4O3/c1-11(2)14-9-15(18(26)10-17(14)25)19-21-22-20(27)24(19)13-4-5-16-12(8-13)6-7-23(16)3/h4-11,19,21,25-26H,1-3H3,(H,22,27). The van der Waals surface area contributed by atoms with E-state index in [-0.39, 0.29) is 23.4 Å². The number of benzene rings is 2. The summed E-state index contributed by atoms with van der Waals surface area (Å²) in [5, 5.41) is 21.5. The van der Waals surface area contributed by atoms with E-state index in [1.807, 2.05) is 55.9 Å². The van der Waals surface area contributed by atoms with E-state index in [0.29, 0.717) is 16.8 Å². The largest absolute Gasteiger partial charge is 0.508 e. The van der Waals surface area contributed by atoms with Crippen LogP contribution in [-0.2, 0) is 7.05 Å². The van der Waals surface area contributed by atoms with Gasteiger partial charge in [-0.25, -0.2) is 10.2 Å². The number of rotatable bonds is 3. The van der Waals surface area contributed by atoms with Crippen molar-refractivity contribution >= 4 is 22.6 Å². The third-order valence-corrected chi connectivity index (χ3v) is 5.03. The first-order chi connectivity index (χ1) is 12.9. The highest BCUT2D eigenvalue weighted by molar-refractivity contribution is 5.97. The molecule has 1 aliphatic heterocycles. The van der Waals surface area contributed by atoms with Crippen LogP contribution < -0.4 is 15.8 Å². The zero-order valence-electron chi connectivity index (χ0n) is 15.4. The Balaban J connectivity index is 1.80. The summed E-state index contributed by atoms with van der Waals surface area (Å²) in [7, 11) is 1.97. The lowest BCUT2D eigenvalue weighted by atomic mass is 9.97. The molecule has 4 N–H and O–H groups in total. The van der Waals surface area contributed by atoms with Gasteiger partial charge in [0.1, 0.15) is 17.7 Å². The molecule has 1 aromatic heterocycles. The van der Waals surface area contributed by atoms with Crippen molar-refractivity contribution in [1.82, 2.24) is 15.4 Å². The first-order valence-corrected chi connectivity index (χ1v) is 8.82. The maximum atomic E-state index is 12.5. The number of nitrogens with one attached hydrogen (secondary N) is 2. The van der Waals surface area contributed by atoms with E-state index in [0.717, 1.165) is 10.9 Å². The van der Waals surface area contributed by atoms with Gasteiger partial charge < -0.3 is 14.8 Å². The van der Waals surface area contributed by atoms with Crippen LogP contribution >= 0.6 is 0 Å². The molecule has 7 heteroatoms. The summed E-state index contributed by atoms with van der Waals surface area (Å²) in [4.78, 5) is 14.1. The van der Waals surface area contributed by atoms with Gasteiger partial charge in [0, 0.05) is 41.5 Å². The number of urea groups is 1. The third kappa shape index (κ3) is 2.76. The summed E-state index contributed by atoms with van der Waals surface area (Å²) in [6.45, 7) is 3.92. The van der Waals surface area contributed by atoms with E-state index < -0.39 is 6.17 Å². The summed E-state index contributed by atoms with van der Waals surface area (Å²) in [6.07, 6.45) is 1.37. The minimum atomic E-state index is -0.600. The molecule has 0 spiro atoms. The molecule has 1 fully saturated rings. The molecule has 7 nitrogen and oxygen atoms in total. The Hall–Kier alpha value is -3.19. The van der Waals surface area contributed by atoms with E-state index in [2.05, 4.69) is 10.9 Å². The van der Waals surface area contributed by atoms with Crippen LogP contribution in [0.3, 0.4) is 0 Å². The van der Waals surface area contributed by atoms with E-state index in [1.165, 1.54) is 6.07 Å². The van der Waals surface area contributed by atoms with Crippen LogP contribution in [0, 0.1) is 0 Å². The Kier molecular flexibility index (Phi) is 3.96. The second kappa shape index (κ2) is 6.21. The molecule has 1 atom stereocenters. The molecule has 0 radical (unpaired) electrons. The third-order valence-electron chi connectivity index (χ3n) is 5.03. The smallest absolute Gasteiger partial charge is 0.337 e. The molecule has 2 heterocycles. The number of nitrogens with zero attached hydrogens (tertiary/aromatic N) is 2. The minimum absolute atomic E-state index is 0.0424. The second-order valence-corrected chi connectivity index (χ2v) is 7.14. The van der Waals surface area contributed by atoms with Gasteiger partial charge in [0.05, 0.1) is 0 Å². The number of hydrazine groups is 1. The number of fused-ring (bicyclic) bond motifs is 1. The van der Waals surface area contributed by atoms with E-state index in [4.69, 9.17) is 0 Å². The van der Waals surface area contributed by atoms with Crippen LogP contribution in [0.5, 0.6) is 11.5 Å². The van der Waals surface area contributed by atoms with Crippen molar-refractivity contribution in [3.8, 4) is 11.5 Å². The molecule has 1 unspecified atom stereocenters.